The normalized spacial score (nSPS) is 15.0. The largest absolute Gasteiger partial charge is 0.379 e. The average molecular weight is 506 g/mol. The molecule has 182 valence electrons. The van der Waals surface area contributed by atoms with E-state index in [0.29, 0.717) is 24.9 Å². The van der Waals surface area contributed by atoms with Crippen LogP contribution >= 0.6 is 11.3 Å². The maximum absolute atomic E-state index is 13.3. The summed E-state index contributed by atoms with van der Waals surface area (Å²) in [6.07, 6.45) is 0.567. The highest BCUT2D eigenvalue weighted by molar-refractivity contribution is 7.91. The van der Waals surface area contributed by atoms with Crippen LogP contribution in [0.2, 0.25) is 0 Å². The number of amides is 1. The molecule has 0 aliphatic carbocycles. The Balaban J connectivity index is 1.49. The molecule has 0 unspecified atom stereocenters. The molecule has 0 atom stereocenters. The van der Waals surface area contributed by atoms with Gasteiger partial charge in [0.05, 0.1) is 34.1 Å². The third-order valence-corrected chi connectivity index (χ3v) is 8.63. The lowest BCUT2D eigenvalue weighted by atomic mass is 10.2. The molecule has 1 fully saturated rings. The molecule has 2 aromatic carbocycles. The summed E-state index contributed by atoms with van der Waals surface area (Å²) in [5.74, 6) is -1.14. The number of sulfone groups is 1. The van der Waals surface area contributed by atoms with E-state index >= 15 is 0 Å². The Kier molecular flexibility index (Phi) is 7.92. The molecule has 0 bridgehead atoms. The lowest BCUT2D eigenvalue weighted by molar-refractivity contribution is -0.118. The summed E-state index contributed by atoms with van der Waals surface area (Å²) < 4.78 is 44.9. The molecule has 34 heavy (non-hydrogen) atoms. The number of anilines is 1. The molecule has 7 nitrogen and oxygen atoms in total. The highest BCUT2D eigenvalue weighted by Gasteiger charge is 2.24. The van der Waals surface area contributed by atoms with Gasteiger partial charge in [-0.25, -0.2) is 17.8 Å². The topological polar surface area (TPSA) is 79.8 Å². The molecular weight excluding hydrogens is 477 g/mol. The standard InChI is InChI=1S/C24H28FN3O4S2/c1-18-4-2-5-21-23(18)26-24(33-21)28(12-3-11-27-13-15-32-16-14-27)22(29)10-17-34(30,31)20-8-6-19(25)7-9-20/h2,4-9H,3,10-17H2,1H3. The number of nitrogens with zero attached hydrogens (tertiary/aromatic N) is 3. The smallest absolute Gasteiger partial charge is 0.229 e. The molecule has 10 heteroatoms. The van der Waals surface area contributed by atoms with Crippen molar-refractivity contribution in [3.05, 3.63) is 53.8 Å². The van der Waals surface area contributed by atoms with E-state index in [2.05, 4.69) is 4.90 Å². The third kappa shape index (κ3) is 5.99. The summed E-state index contributed by atoms with van der Waals surface area (Å²) in [5.41, 5.74) is 1.88. The Morgan fingerprint density at radius 3 is 2.62 bits per heavy atom. The summed E-state index contributed by atoms with van der Waals surface area (Å²) in [5, 5.41) is 0.579. The summed E-state index contributed by atoms with van der Waals surface area (Å²) >= 11 is 1.43. The van der Waals surface area contributed by atoms with Crippen LogP contribution in [0.15, 0.2) is 47.4 Å². The molecule has 1 aliphatic rings. The van der Waals surface area contributed by atoms with Crippen LogP contribution < -0.4 is 4.90 Å². The van der Waals surface area contributed by atoms with E-state index < -0.39 is 15.7 Å². The molecular formula is C24H28FN3O4S2. The van der Waals surface area contributed by atoms with Gasteiger partial charge in [-0.15, -0.1) is 0 Å². The third-order valence-electron chi connectivity index (χ3n) is 5.86. The van der Waals surface area contributed by atoms with E-state index in [4.69, 9.17) is 9.72 Å². The number of morpholine rings is 1. The van der Waals surface area contributed by atoms with E-state index in [1.165, 1.54) is 23.5 Å². The number of hydrogen-bond donors (Lipinski definition) is 0. The molecule has 0 radical (unpaired) electrons. The first-order valence-corrected chi connectivity index (χ1v) is 13.8. The van der Waals surface area contributed by atoms with Crippen molar-refractivity contribution in [3.8, 4) is 0 Å². The van der Waals surface area contributed by atoms with Gasteiger partial charge in [0.1, 0.15) is 5.82 Å². The quantitative estimate of drug-likeness (QED) is 0.413. The maximum Gasteiger partial charge on any atom is 0.229 e. The predicted molar refractivity (Wildman–Crippen MR) is 132 cm³/mol. The van der Waals surface area contributed by atoms with Crippen LogP contribution in [0.3, 0.4) is 0 Å². The molecule has 1 aromatic heterocycles. The Morgan fingerprint density at radius 2 is 1.91 bits per heavy atom. The SMILES string of the molecule is Cc1cccc2sc(N(CCCN3CCOCC3)C(=O)CCS(=O)(=O)c3ccc(F)cc3)nc12. The first kappa shape index (κ1) is 24.7. The summed E-state index contributed by atoms with van der Waals surface area (Å²) in [6, 6.07) is 10.6. The van der Waals surface area contributed by atoms with Crippen molar-refractivity contribution < 1.29 is 22.3 Å². The van der Waals surface area contributed by atoms with Crippen LogP contribution in [0.25, 0.3) is 10.2 Å². The molecule has 4 rings (SSSR count). The number of carbonyl (C=O) groups is 1. The van der Waals surface area contributed by atoms with Gasteiger partial charge in [-0.2, -0.15) is 0 Å². The molecule has 1 saturated heterocycles. The summed E-state index contributed by atoms with van der Waals surface area (Å²) in [7, 11) is -3.71. The van der Waals surface area contributed by atoms with Gasteiger partial charge in [0.2, 0.25) is 5.91 Å². The fraction of sp³-hybridized carbons (Fsp3) is 0.417. The van der Waals surface area contributed by atoms with Crippen LogP contribution in [-0.4, -0.2) is 69.4 Å². The van der Waals surface area contributed by atoms with Gasteiger partial charge >= 0.3 is 0 Å². The second kappa shape index (κ2) is 10.9. The van der Waals surface area contributed by atoms with Crippen LogP contribution in [0.4, 0.5) is 9.52 Å². The van der Waals surface area contributed by atoms with Gasteiger partial charge in [0.25, 0.3) is 0 Å². The number of aryl methyl sites for hydroxylation is 1. The van der Waals surface area contributed by atoms with E-state index in [0.717, 1.165) is 54.0 Å². The molecule has 0 saturated carbocycles. The van der Waals surface area contributed by atoms with Crippen molar-refractivity contribution in [2.75, 3.05) is 50.0 Å². The number of hydrogen-bond acceptors (Lipinski definition) is 7. The Hall–Kier alpha value is -2.40. The number of aromatic nitrogens is 1. The number of fused-ring (bicyclic) bond motifs is 1. The molecule has 0 spiro atoms. The predicted octanol–water partition coefficient (Wildman–Crippen LogP) is 3.66. The van der Waals surface area contributed by atoms with Crippen LogP contribution in [0, 0.1) is 12.7 Å². The van der Waals surface area contributed by atoms with Crippen molar-refractivity contribution in [2.45, 2.75) is 24.7 Å². The van der Waals surface area contributed by atoms with Crippen molar-refractivity contribution in [1.82, 2.24) is 9.88 Å². The molecule has 3 aromatic rings. The second-order valence-corrected chi connectivity index (χ2v) is 11.4. The molecule has 0 N–H and O–H groups in total. The fourth-order valence-corrected chi connectivity index (χ4v) is 6.23. The lowest BCUT2D eigenvalue weighted by Crippen LogP contribution is -2.39. The van der Waals surface area contributed by atoms with Gasteiger partial charge < -0.3 is 4.74 Å². The van der Waals surface area contributed by atoms with Crippen LogP contribution in [0.5, 0.6) is 0 Å². The first-order valence-electron chi connectivity index (χ1n) is 11.3. The van der Waals surface area contributed by atoms with Crippen LogP contribution in [-0.2, 0) is 19.4 Å². The van der Waals surface area contributed by atoms with Crippen LogP contribution in [0.1, 0.15) is 18.4 Å². The highest BCUT2D eigenvalue weighted by atomic mass is 32.2. The van der Waals surface area contributed by atoms with E-state index in [1.54, 1.807) is 4.90 Å². The first-order chi connectivity index (χ1) is 16.3. The number of rotatable bonds is 9. The summed E-state index contributed by atoms with van der Waals surface area (Å²) in [6.45, 7) is 6.40. The number of benzene rings is 2. The molecule has 1 aliphatic heterocycles. The lowest BCUT2D eigenvalue weighted by Gasteiger charge is -2.27. The van der Waals surface area contributed by atoms with Crippen molar-refractivity contribution in [2.24, 2.45) is 0 Å². The van der Waals surface area contributed by atoms with Crippen molar-refractivity contribution in [3.63, 3.8) is 0 Å². The second-order valence-electron chi connectivity index (χ2n) is 8.29. The van der Waals surface area contributed by atoms with Crippen molar-refractivity contribution >= 4 is 42.4 Å². The highest BCUT2D eigenvalue weighted by Crippen LogP contribution is 2.31. The maximum atomic E-state index is 13.3. The van der Waals surface area contributed by atoms with Gasteiger partial charge in [0, 0.05) is 32.6 Å². The Bertz CT molecular complexity index is 1240. The van der Waals surface area contributed by atoms with E-state index in [9.17, 15) is 17.6 Å². The number of halogens is 1. The van der Waals surface area contributed by atoms with E-state index in [1.807, 2.05) is 25.1 Å². The van der Waals surface area contributed by atoms with E-state index in [-0.39, 0.29) is 23.0 Å². The number of carbonyl (C=O) groups excluding carboxylic acids is 1. The summed E-state index contributed by atoms with van der Waals surface area (Å²) in [4.78, 5) is 21.9. The molecule has 1 amide bonds. The fourth-order valence-electron chi connectivity index (χ4n) is 3.91. The zero-order valence-electron chi connectivity index (χ0n) is 19.1. The Labute approximate surface area is 203 Å². The number of ether oxygens (including phenoxy) is 1. The minimum atomic E-state index is -3.71. The molecule has 2 heterocycles. The van der Waals surface area contributed by atoms with Gasteiger partial charge in [0.15, 0.2) is 15.0 Å². The number of para-hydroxylation sites is 1. The van der Waals surface area contributed by atoms with Gasteiger partial charge in [-0.1, -0.05) is 23.5 Å². The van der Waals surface area contributed by atoms with Gasteiger partial charge in [-0.05, 0) is 49.2 Å². The minimum absolute atomic E-state index is 0.0104. The van der Waals surface area contributed by atoms with Gasteiger partial charge in [-0.3, -0.25) is 14.6 Å². The zero-order valence-corrected chi connectivity index (χ0v) is 20.7. The zero-order chi connectivity index (χ0) is 24.1. The Morgan fingerprint density at radius 1 is 1.18 bits per heavy atom. The average Bonchev–Trinajstić information content (AvgIpc) is 3.27. The number of thiazole rings is 1. The van der Waals surface area contributed by atoms with Crippen molar-refractivity contribution in [1.29, 1.82) is 0 Å². The minimum Gasteiger partial charge on any atom is -0.379 e. The monoisotopic (exact) mass is 505 g/mol.